The van der Waals surface area contributed by atoms with E-state index in [0.29, 0.717) is 24.2 Å². The number of rotatable bonds is 9. The van der Waals surface area contributed by atoms with E-state index in [9.17, 15) is 4.79 Å². The number of likely N-dealkylation sites (tertiary alicyclic amines) is 1. The first-order chi connectivity index (χ1) is 15.0. The monoisotopic (exact) mass is 423 g/mol. The van der Waals surface area contributed by atoms with Crippen LogP contribution in [0.5, 0.6) is 6.01 Å². The molecule has 1 aliphatic heterocycles. The fourth-order valence-corrected chi connectivity index (χ4v) is 4.53. The minimum Gasteiger partial charge on any atom is -0.460 e. The maximum atomic E-state index is 12.0. The molecular formula is C24H33N5O2. The molecule has 2 aromatic rings. The number of carbonyl (C=O) groups excluding carboxylic acids is 1. The Morgan fingerprint density at radius 3 is 2.61 bits per heavy atom. The number of carbonyl (C=O) groups is 1. The smallest absolute Gasteiger partial charge is 0.320 e. The van der Waals surface area contributed by atoms with Gasteiger partial charge in [-0.05, 0) is 69.7 Å². The van der Waals surface area contributed by atoms with Crippen molar-refractivity contribution in [3.05, 3.63) is 41.5 Å². The van der Waals surface area contributed by atoms with Crippen LogP contribution in [0, 0.1) is 0 Å². The molecule has 0 radical (unpaired) electrons. The van der Waals surface area contributed by atoms with Gasteiger partial charge in [0, 0.05) is 19.2 Å². The minimum atomic E-state index is 0.0728. The summed E-state index contributed by atoms with van der Waals surface area (Å²) in [6.45, 7) is 5.75. The first-order valence-electron chi connectivity index (χ1n) is 11.4. The molecule has 1 aromatic carbocycles. The number of hydrogen-bond donors (Lipinski definition) is 1. The lowest BCUT2D eigenvalue weighted by atomic mass is 10.1. The number of nitrogen functional groups attached to an aromatic ring is 1. The third-order valence-electron chi connectivity index (χ3n) is 5.99. The number of Topliss-reactive ketones (excluding diaryl/α,β-unsaturated/α-hetero) is 1. The van der Waals surface area contributed by atoms with Crippen LogP contribution in [0.15, 0.2) is 30.3 Å². The molecule has 4 rings (SSSR count). The fraction of sp³-hybridized carbons (Fsp3) is 0.542. The van der Waals surface area contributed by atoms with Crippen molar-refractivity contribution in [2.24, 2.45) is 0 Å². The van der Waals surface area contributed by atoms with E-state index in [1.165, 1.54) is 44.3 Å². The summed E-state index contributed by atoms with van der Waals surface area (Å²) < 4.78 is 5.98. The molecule has 1 saturated heterocycles. The second-order valence-electron chi connectivity index (χ2n) is 8.82. The highest BCUT2D eigenvalue weighted by Crippen LogP contribution is 2.25. The second-order valence-corrected chi connectivity index (χ2v) is 8.82. The summed E-state index contributed by atoms with van der Waals surface area (Å²) in [5.41, 5.74) is 8.51. The van der Waals surface area contributed by atoms with Crippen molar-refractivity contribution in [3.63, 3.8) is 0 Å². The Hall–Kier alpha value is -2.67. The summed E-state index contributed by atoms with van der Waals surface area (Å²) >= 11 is 0. The number of ketones is 1. The highest BCUT2D eigenvalue weighted by atomic mass is 16.5. The summed E-state index contributed by atoms with van der Waals surface area (Å²) in [7, 11) is 0. The van der Waals surface area contributed by atoms with Crippen LogP contribution in [0.25, 0.3) is 0 Å². The maximum absolute atomic E-state index is 12.0. The standard InChI is InChI=1S/C24H33N5O2/c1-18(30)15-29(17-20-8-6-7-19(13-20)16-28-11-4-5-12-28)23-14-22(25)26-24(27-23)31-21-9-2-3-10-21/h6-8,13-14,21H,2-5,9-12,15-17H2,1H3,(H2,25,26,27). The van der Waals surface area contributed by atoms with Gasteiger partial charge in [0.2, 0.25) is 0 Å². The number of ether oxygens (including phenoxy) is 1. The zero-order valence-electron chi connectivity index (χ0n) is 18.4. The van der Waals surface area contributed by atoms with Crippen LogP contribution >= 0.6 is 0 Å². The lowest BCUT2D eigenvalue weighted by Gasteiger charge is -2.24. The highest BCUT2D eigenvalue weighted by molar-refractivity contribution is 5.80. The van der Waals surface area contributed by atoms with Gasteiger partial charge in [-0.1, -0.05) is 24.3 Å². The molecule has 1 aliphatic carbocycles. The van der Waals surface area contributed by atoms with Crippen molar-refractivity contribution in [3.8, 4) is 6.01 Å². The average molecular weight is 424 g/mol. The van der Waals surface area contributed by atoms with Crippen molar-refractivity contribution in [1.82, 2.24) is 14.9 Å². The van der Waals surface area contributed by atoms with Crippen molar-refractivity contribution < 1.29 is 9.53 Å². The number of nitrogens with zero attached hydrogens (tertiary/aromatic N) is 4. The number of anilines is 2. The van der Waals surface area contributed by atoms with Crippen molar-refractivity contribution in [1.29, 1.82) is 0 Å². The molecule has 1 saturated carbocycles. The molecule has 0 unspecified atom stereocenters. The van der Waals surface area contributed by atoms with Gasteiger partial charge in [0.25, 0.3) is 0 Å². The van der Waals surface area contributed by atoms with Crippen molar-refractivity contribution in [2.75, 3.05) is 30.3 Å². The fourth-order valence-electron chi connectivity index (χ4n) is 4.53. The molecule has 0 atom stereocenters. The molecule has 7 nitrogen and oxygen atoms in total. The van der Waals surface area contributed by atoms with Gasteiger partial charge in [-0.15, -0.1) is 0 Å². The summed E-state index contributed by atoms with van der Waals surface area (Å²) in [6.07, 6.45) is 7.11. The zero-order valence-corrected chi connectivity index (χ0v) is 18.4. The molecule has 0 amide bonds. The number of nitrogens with two attached hydrogens (primary N) is 1. The van der Waals surface area contributed by atoms with Gasteiger partial charge in [-0.25, -0.2) is 0 Å². The Balaban J connectivity index is 1.52. The summed E-state index contributed by atoms with van der Waals surface area (Å²) in [6, 6.07) is 10.6. The normalized spacial score (nSPS) is 17.2. The van der Waals surface area contributed by atoms with Crippen molar-refractivity contribution >= 4 is 17.4 Å². The topological polar surface area (TPSA) is 84.6 Å². The Morgan fingerprint density at radius 2 is 1.87 bits per heavy atom. The first kappa shape index (κ1) is 21.6. The van der Waals surface area contributed by atoms with Crippen LogP contribution in [0.4, 0.5) is 11.6 Å². The van der Waals surface area contributed by atoms with Crippen LogP contribution in [-0.4, -0.2) is 46.4 Å². The molecule has 2 N–H and O–H groups in total. The molecule has 166 valence electrons. The number of aromatic nitrogens is 2. The highest BCUT2D eigenvalue weighted by Gasteiger charge is 2.20. The molecule has 0 bridgehead atoms. The SMILES string of the molecule is CC(=O)CN(Cc1cccc(CN2CCCC2)c1)c1cc(N)nc(OC2CCCC2)n1. The van der Waals surface area contributed by atoms with Gasteiger partial charge in [-0.2, -0.15) is 9.97 Å². The Kier molecular flexibility index (Phi) is 7.02. The van der Waals surface area contributed by atoms with E-state index in [-0.39, 0.29) is 18.4 Å². The first-order valence-corrected chi connectivity index (χ1v) is 11.4. The van der Waals surface area contributed by atoms with Crippen LogP contribution in [0.1, 0.15) is 56.6 Å². The Labute approximate surface area is 184 Å². The van der Waals surface area contributed by atoms with E-state index in [2.05, 4.69) is 39.1 Å². The van der Waals surface area contributed by atoms with E-state index in [0.717, 1.165) is 24.9 Å². The van der Waals surface area contributed by atoms with E-state index in [1.54, 1.807) is 13.0 Å². The molecule has 2 aliphatic rings. The number of benzene rings is 1. The van der Waals surface area contributed by atoms with E-state index in [4.69, 9.17) is 10.5 Å². The Morgan fingerprint density at radius 1 is 1.13 bits per heavy atom. The summed E-state index contributed by atoms with van der Waals surface area (Å²) in [4.78, 5) is 25.3. The van der Waals surface area contributed by atoms with Crippen LogP contribution in [-0.2, 0) is 17.9 Å². The van der Waals surface area contributed by atoms with Gasteiger partial charge in [0.15, 0.2) is 0 Å². The molecule has 7 heteroatoms. The van der Waals surface area contributed by atoms with Gasteiger partial charge >= 0.3 is 6.01 Å². The lowest BCUT2D eigenvalue weighted by Crippen LogP contribution is -2.29. The summed E-state index contributed by atoms with van der Waals surface area (Å²) in [5, 5.41) is 0. The average Bonchev–Trinajstić information content (AvgIpc) is 3.41. The molecule has 2 fully saturated rings. The maximum Gasteiger partial charge on any atom is 0.320 e. The summed E-state index contributed by atoms with van der Waals surface area (Å²) in [5.74, 6) is 1.05. The lowest BCUT2D eigenvalue weighted by molar-refractivity contribution is -0.115. The van der Waals surface area contributed by atoms with E-state index < -0.39 is 0 Å². The van der Waals surface area contributed by atoms with Crippen LogP contribution in [0.2, 0.25) is 0 Å². The molecule has 0 spiro atoms. The van der Waals surface area contributed by atoms with Gasteiger partial charge in [0.05, 0.1) is 6.54 Å². The van der Waals surface area contributed by atoms with Gasteiger partial charge < -0.3 is 15.4 Å². The van der Waals surface area contributed by atoms with E-state index >= 15 is 0 Å². The molecular weight excluding hydrogens is 390 g/mol. The quantitative estimate of drug-likeness (QED) is 0.660. The van der Waals surface area contributed by atoms with Gasteiger partial charge in [-0.3, -0.25) is 9.69 Å². The second kappa shape index (κ2) is 10.1. The van der Waals surface area contributed by atoms with Gasteiger partial charge in [0.1, 0.15) is 23.5 Å². The minimum absolute atomic E-state index is 0.0728. The van der Waals surface area contributed by atoms with Crippen LogP contribution in [0.3, 0.4) is 0 Å². The number of hydrogen-bond acceptors (Lipinski definition) is 7. The third-order valence-corrected chi connectivity index (χ3v) is 5.99. The predicted molar refractivity (Wildman–Crippen MR) is 122 cm³/mol. The van der Waals surface area contributed by atoms with Crippen LogP contribution < -0.4 is 15.4 Å². The van der Waals surface area contributed by atoms with Crippen molar-refractivity contribution in [2.45, 2.75) is 64.6 Å². The molecule has 2 heterocycles. The zero-order chi connectivity index (χ0) is 21.6. The largest absolute Gasteiger partial charge is 0.460 e. The Bertz CT molecular complexity index is 891. The molecule has 1 aromatic heterocycles. The predicted octanol–water partition coefficient (Wildman–Crippen LogP) is 3.57. The molecule has 31 heavy (non-hydrogen) atoms. The van der Waals surface area contributed by atoms with E-state index in [1.807, 2.05) is 4.90 Å². The third kappa shape index (κ3) is 6.17.